The Labute approximate surface area is 198 Å². The number of hydrazone groups is 2. The third kappa shape index (κ3) is 9.24. The van der Waals surface area contributed by atoms with Crippen molar-refractivity contribution in [1.82, 2.24) is 26.1 Å². The molecule has 1 aromatic heterocycles. The number of pyridine rings is 1. The minimum atomic E-state index is 0. The predicted octanol–water partition coefficient (Wildman–Crippen LogP) is -3.48. The van der Waals surface area contributed by atoms with Crippen LogP contribution in [0, 0.1) is 0 Å². The first-order valence-electron chi connectivity index (χ1n) is 9.80. The number of piperidine rings is 2. The monoisotopic (exact) mass is 478 g/mol. The van der Waals surface area contributed by atoms with Crippen molar-refractivity contribution in [1.29, 1.82) is 0 Å². The maximum atomic E-state index is 4.72. The summed E-state index contributed by atoms with van der Waals surface area (Å²) in [5, 5.41) is 13.4. The van der Waals surface area contributed by atoms with Crippen molar-refractivity contribution in [2.75, 3.05) is 26.2 Å². The molecule has 2 aliphatic heterocycles. The average molecular weight is 479 g/mol. The quantitative estimate of drug-likeness (QED) is 0.328. The molecule has 2 fully saturated rings. The summed E-state index contributed by atoms with van der Waals surface area (Å²) in [4.78, 5) is 4.72. The summed E-state index contributed by atoms with van der Waals surface area (Å²) in [7, 11) is 0. The second-order valence-electron chi connectivity index (χ2n) is 7.10. The minimum Gasteiger partial charge on any atom is -1.00 e. The molecule has 0 amide bonds. The molecule has 0 unspecified atom stereocenters. The normalized spacial score (nSPS) is 18.7. The van der Waals surface area contributed by atoms with Gasteiger partial charge in [0, 0.05) is 26.2 Å². The average Bonchev–Trinajstić information content (AvgIpc) is 2.72. The fourth-order valence-corrected chi connectivity index (χ4v) is 3.23. The van der Waals surface area contributed by atoms with Crippen LogP contribution in [-0.4, -0.2) is 52.6 Å². The van der Waals surface area contributed by atoms with Gasteiger partial charge in [-0.15, -0.1) is 0 Å². The number of nitrogens with one attached hydrogen (secondary N) is 2. The van der Waals surface area contributed by atoms with Gasteiger partial charge in [0.05, 0.1) is 22.8 Å². The Balaban J connectivity index is 0.00000261. The molecule has 161 valence electrons. The summed E-state index contributed by atoms with van der Waals surface area (Å²) in [6, 6.07) is 5.99. The third-order valence-corrected chi connectivity index (χ3v) is 4.92. The van der Waals surface area contributed by atoms with E-state index in [-0.39, 0.29) is 43.4 Å². The molecule has 2 saturated heterocycles. The molecule has 0 aromatic carbocycles. The molecule has 0 atom stereocenters. The summed E-state index contributed by atoms with van der Waals surface area (Å²) < 4.78 is 0. The van der Waals surface area contributed by atoms with Gasteiger partial charge in [0.25, 0.3) is 0 Å². The van der Waals surface area contributed by atoms with Gasteiger partial charge >= 0.3 is 18.6 Å². The molecule has 2 aliphatic rings. The summed E-state index contributed by atoms with van der Waals surface area (Å²) in [6.45, 7) is 8.19. The molecular formula is C19H31Cl2N7V. The number of hydrogen-bond donors (Lipinski definition) is 2. The maximum absolute atomic E-state index is 4.72. The van der Waals surface area contributed by atoms with E-state index in [0.717, 1.165) is 49.0 Å². The molecule has 2 N–H and O–H groups in total. The summed E-state index contributed by atoms with van der Waals surface area (Å²) in [5.74, 6) is 0. The van der Waals surface area contributed by atoms with Crippen LogP contribution in [0.3, 0.4) is 0 Å². The Morgan fingerprint density at radius 1 is 0.759 bits per heavy atom. The van der Waals surface area contributed by atoms with Gasteiger partial charge in [0.2, 0.25) is 0 Å². The van der Waals surface area contributed by atoms with Crippen LogP contribution in [-0.2, 0) is 18.6 Å². The van der Waals surface area contributed by atoms with Crippen LogP contribution in [0.15, 0.2) is 28.4 Å². The SMILES string of the molecule is CC(=NNN1CCCCC1)c1cccc(C(C)=NNN2CCCCC2)n1.[Cl-].[Cl-].[V+2]. The van der Waals surface area contributed by atoms with Crippen molar-refractivity contribution in [2.45, 2.75) is 52.4 Å². The Hall–Kier alpha value is -0.826. The van der Waals surface area contributed by atoms with E-state index in [0.29, 0.717) is 0 Å². The van der Waals surface area contributed by atoms with Crippen molar-refractivity contribution >= 4 is 11.4 Å². The van der Waals surface area contributed by atoms with Gasteiger partial charge in [-0.3, -0.25) is 0 Å². The molecule has 10 heteroatoms. The summed E-state index contributed by atoms with van der Waals surface area (Å²) in [6.07, 6.45) is 7.55. The third-order valence-electron chi connectivity index (χ3n) is 4.92. The van der Waals surface area contributed by atoms with Crippen molar-refractivity contribution in [3.8, 4) is 0 Å². The van der Waals surface area contributed by atoms with E-state index in [1.54, 1.807) is 0 Å². The van der Waals surface area contributed by atoms with Gasteiger partial charge in [0.15, 0.2) is 0 Å². The smallest absolute Gasteiger partial charge is 1.00 e. The van der Waals surface area contributed by atoms with Gasteiger partial charge in [-0.05, 0) is 51.7 Å². The zero-order chi connectivity index (χ0) is 18.2. The number of halogens is 2. The molecule has 1 aromatic rings. The van der Waals surface area contributed by atoms with Crippen molar-refractivity contribution in [3.05, 3.63) is 29.6 Å². The molecule has 3 heterocycles. The zero-order valence-corrected chi connectivity index (χ0v) is 20.2. The first-order valence-corrected chi connectivity index (χ1v) is 9.80. The molecule has 7 nitrogen and oxygen atoms in total. The first-order chi connectivity index (χ1) is 12.7. The maximum Gasteiger partial charge on any atom is 2.00 e. The van der Waals surface area contributed by atoms with Crippen LogP contribution in [0.4, 0.5) is 0 Å². The number of hydrogen-bond acceptors (Lipinski definition) is 7. The molecule has 0 saturated carbocycles. The molecule has 3 rings (SSSR count). The van der Waals surface area contributed by atoms with Crippen LogP contribution < -0.4 is 35.9 Å². The van der Waals surface area contributed by atoms with E-state index in [2.05, 4.69) is 31.3 Å². The van der Waals surface area contributed by atoms with E-state index in [1.807, 2.05) is 32.0 Å². The molecule has 1 radical (unpaired) electrons. The first kappa shape index (κ1) is 28.2. The fraction of sp³-hybridized carbons (Fsp3) is 0.632. The van der Waals surface area contributed by atoms with E-state index >= 15 is 0 Å². The second-order valence-corrected chi connectivity index (χ2v) is 7.10. The number of aromatic nitrogens is 1. The molecule has 0 aliphatic carbocycles. The van der Waals surface area contributed by atoms with Crippen LogP contribution in [0.2, 0.25) is 0 Å². The predicted molar refractivity (Wildman–Crippen MR) is 106 cm³/mol. The summed E-state index contributed by atoms with van der Waals surface area (Å²) in [5.41, 5.74) is 9.85. The van der Waals surface area contributed by atoms with Crippen molar-refractivity contribution < 1.29 is 43.4 Å². The Kier molecular flexibility index (Phi) is 14.6. The minimum absolute atomic E-state index is 0. The fourth-order valence-electron chi connectivity index (χ4n) is 3.23. The zero-order valence-electron chi connectivity index (χ0n) is 17.2. The second kappa shape index (κ2) is 15.0. The van der Waals surface area contributed by atoms with Crippen molar-refractivity contribution in [3.63, 3.8) is 0 Å². The molecule has 29 heavy (non-hydrogen) atoms. The van der Waals surface area contributed by atoms with Crippen LogP contribution >= 0.6 is 0 Å². The molecule has 0 bridgehead atoms. The van der Waals surface area contributed by atoms with E-state index < -0.39 is 0 Å². The largest absolute Gasteiger partial charge is 2.00 e. The van der Waals surface area contributed by atoms with Gasteiger partial charge in [0.1, 0.15) is 0 Å². The van der Waals surface area contributed by atoms with Crippen LogP contribution in [0.1, 0.15) is 63.8 Å². The van der Waals surface area contributed by atoms with Gasteiger partial charge in [-0.2, -0.15) is 10.2 Å². The summed E-state index contributed by atoms with van der Waals surface area (Å²) >= 11 is 0. The van der Waals surface area contributed by atoms with Gasteiger partial charge in [-0.1, -0.05) is 18.9 Å². The van der Waals surface area contributed by atoms with E-state index in [1.165, 1.54) is 38.5 Å². The number of hydrazine groups is 2. The Morgan fingerprint density at radius 2 is 1.14 bits per heavy atom. The van der Waals surface area contributed by atoms with Gasteiger partial charge < -0.3 is 24.8 Å². The van der Waals surface area contributed by atoms with E-state index in [9.17, 15) is 0 Å². The Morgan fingerprint density at radius 3 is 1.52 bits per heavy atom. The number of rotatable bonds is 6. The molecule has 0 spiro atoms. The Bertz CT molecular complexity index is 594. The van der Waals surface area contributed by atoms with Crippen molar-refractivity contribution in [2.24, 2.45) is 10.2 Å². The standard InChI is InChI=1S/C19H31N7.2ClH.V/c1-16(21-23-25-12-5-3-6-13-25)18-10-9-11-19(20-18)17(2)22-24-26-14-7-4-8-15-26;;;/h9-11,23-24H,3-8,12-15H2,1-2H3;2*1H;/q;;;+2/p-2. The topological polar surface area (TPSA) is 68.2 Å². The van der Waals surface area contributed by atoms with Gasteiger partial charge in [-0.25, -0.2) is 26.1 Å². The van der Waals surface area contributed by atoms with E-state index in [4.69, 9.17) is 4.98 Å². The van der Waals surface area contributed by atoms with Crippen LogP contribution in [0.5, 0.6) is 0 Å². The number of nitrogens with zero attached hydrogens (tertiary/aromatic N) is 5. The molecular weight excluding hydrogens is 448 g/mol. The van der Waals surface area contributed by atoms with Crippen LogP contribution in [0.25, 0.3) is 0 Å².